The van der Waals surface area contributed by atoms with Crippen molar-refractivity contribution < 1.29 is 8.78 Å². The van der Waals surface area contributed by atoms with E-state index in [1.54, 1.807) is 12.1 Å². The lowest BCUT2D eigenvalue weighted by atomic mass is 10.2. The summed E-state index contributed by atoms with van der Waals surface area (Å²) in [6, 6.07) is 8.65. The Balaban J connectivity index is 2.14. The third-order valence-corrected chi connectivity index (χ3v) is 3.36. The molecule has 1 heterocycles. The highest BCUT2D eigenvalue weighted by Gasteiger charge is 2.15. The minimum atomic E-state index is -0.585. The molecule has 0 bridgehead atoms. The highest BCUT2D eigenvalue weighted by atomic mass is 79.9. The number of tetrazole rings is 1. The first-order chi connectivity index (χ1) is 10.1. The van der Waals surface area contributed by atoms with Crippen LogP contribution >= 0.6 is 15.9 Å². The Morgan fingerprint density at radius 3 is 2.57 bits per heavy atom. The van der Waals surface area contributed by atoms with E-state index < -0.39 is 11.6 Å². The first-order valence-electron chi connectivity index (χ1n) is 5.85. The maximum atomic E-state index is 14.0. The van der Waals surface area contributed by atoms with Crippen molar-refractivity contribution in [1.29, 1.82) is 0 Å². The zero-order chi connectivity index (χ0) is 15.0. The van der Waals surface area contributed by atoms with E-state index in [0.29, 0.717) is 10.0 Å². The van der Waals surface area contributed by atoms with Gasteiger partial charge in [0, 0.05) is 10.0 Å². The number of benzene rings is 2. The van der Waals surface area contributed by atoms with Gasteiger partial charge in [-0.1, -0.05) is 15.9 Å². The van der Waals surface area contributed by atoms with Crippen molar-refractivity contribution in [3.05, 3.63) is 52.5 Å². The summed E-state index contributed by atoms with van der Waals surface area (Å²) in [5.41, 5.74) is 6.01. The van der Waals surface area contributed by atoms with Crippen molar-refractivity contribution in [3.63, 3.8) is 0 Å². The fourth-order valence-electron chi connectivity index (χ4n) is 1.85. The van der Waals surface area contributed by atoms with Crippen LogP contribution in [0.4, 0.5) is 14.5 Å². The molecule has 0 aliphatic carbocycles. The SMILES string of the molecule is Nc1ccc(-c2nnnn2-c2ccc(Br)cc2F)cc1F. The summed E-state index contributed by atoms with van der Waals surface area (Å²) >= 11 is 3.18. The summed E-state index contributed by atoms with van der Waals surface area (Å²) in [7, 11) is 0. The van der Waals surface area contributed by atoms with Crippen LogP contribution in [0, 0.1) is 11.6 Å². The van der Waals surface area contributed by atoms with Crippen LogP contribution in [0.3, 0.4) is 0 Å². The summed E-state index contributed by atoms with van der Waals surface area (Å²) in [5, 5.41) is 11.1. The molecular formula is C13H8BrF2N5. The molecule has 0 aliphatic heterocycles. The van der Waals surface area contributed by atoms with Gasteiger partial charge in [0.05, 0.1) is 5.69 Å². The van der Waals surface area contributed by atoms with Crippen LogP contribution in [0.1, 0.15) is 0 Å². The summed E-state index contributed by atoms with van der Waals surface area (Å²) in [6.07, 6.45) is 0. The van der Waals surface area contributed by atoms with Gasteiger partial charge >= 0.3 is 0 Å². The molecule has 0 unspecified atom stereocenters. The van der Waals surface area contributed by atoms with Gasteiger partial charge in [-0.05, 0) is 46.8 Å². The lowest BCUT2D eigenvalue weighted by Gasteiger charge is -2.07. The minimum Gasteiger partial charge on any atom is -0.396 e. The molecule has 106 valence electrons. The number of rotatable bonds is 2. The van der Waals surface area contributed by atoms with Crippen molar-refractivity contribution >= 4 is 21.6 Å². The number of nitrogens with zero attached hydrogens (tertiary/aromatic N) is 4. The Morgan fingerprint density at radius 2 is 1.86 bits per heavy atom. The quantitative estimate of drug-likeness (QED) is 0.720. The molecule has 1 aromatic heterocycles. The number of hydrogen-bond donors (Lipinski definition) is 1. The van der Waals surface area contributed by atoms with Gasteiger partial charge in [-0.2, -0.15) is 4.68 Å². The maximum Gasteiger partial charge on any atom is 0.187 e. The second-order valence-corrected chi connectivity index (χ2v) is 5.16. The second-order valence-electron chi connectivity index (χ2n) is 4.25. The van der Waals surface area contributed by atoms with Gasteiger partial charge in [-0.3, -0.25) is 0 Å². The van der Waals surface area contributed by atoms with E-state index in [4.69, 9.17) is 5.73 Å². The molecule has 2 aromatic carbocycles. The van der Waals surface area contributed by atoms with Crippen LogP contribution < -0.4 is 5.73 Å². The Morgan fingerprint density at radius 1 is 1.05 bits per heavy atom. The van der Waals surface area contributed by atoms with Gasteiger partial charge in [-0.25, -0.2) is 8.78 Å². The van der Waals surface area contributed by atoms with Crippen molar-refractivity contribution in [2.24, 2.45) is 0 Å². The fourth-order valence-corrected chi connectivity index (χ4v) is 2.18. The minimum absolute atomic E-state index is 0.0209. The summed E-state index contributed by atoms with van der Waals surface area (Å²) in [6.45, 7) is 0. The Labute approximate surface area is 126 Å². The van der Waals surface area contributed by atoms with Gasteiger partial charge in [0.25, 0.3) is 0 Å². The summed E-state index contributed by atoms with van der Waals surface area (Å²) in [4.78, 5) is 0. The van der Waals surface area contributed by atoms with E-state index >= 15 is 0 Å². The molecule has 0 saturated carbocycles. The zero-order valence-electron chi connectivity index (χ0n) is 10.5. The molecule has 2 N–H and O–H groups in total. The molecule has 3 rings (SSSR count). The van der Waals surface area contributed by atoms with Crippen molar-refractivity contribution in [2.75, 3.05) is 5.73 Å². The maximum absolute atomic E-state index is 14.0. The molecule has 0 radical (unpaired) electrons. The topological polar surface area (TPSA) is 69.6 Å². The van der Waals surface area contributed by atoms with E-state index in [1.165, 1.54) is 28.9 Å². The molecule has 21 heavy (non-hydrogen) atoms. The smallest absolute Gasteiger partial charge is 0.187 e. The lowest BCUT2D eigenvalue weighted by molar-refractivity contribution is 0.607. The molecule has 0 saturated heterocycles. The summed E-state index contributed by atoms with van der Waals surface area (Å²) < 4.78 is 29.4. The van der Waals surface area contributed by atoms with Gasteiger partial charge < -0.3 is 5.73 Å². The normalized spacial score (nSPS) is 10.8. The van der Waals surface area contributed by atoms with Crippen LogP contribution in [0.15, 0.2) is 40.9 Å². The molecule has 0 spiro atoms. The molecule has 5 nitrogen and oxygen atoms in total. The number of hydrogen-bond acceptors (Lipinski definition) is 4. The Kier molecular flexibility index (Phi) is 3.38. The van der Waals surface area contributed by atoms with E-state index in [1.807, 2.05) is 0 Å². The number of nitrogen functional groups attached to an aromatic ring is 1. The van der Waals surface area contributed by atoms with Gasteiger partial charge in [0.15, 0.2) is 5.82 Å². The van der Waals surface area contributed by atoms with Gasteiger partial charge in [-0.15, -0.1) is 5.10 Å². The summed E-state index contributed by atoms with van der Waals surface area (Å²) in [5.74, 6) is -0.873. The van der Waals surface area contributed by atoms with E-state index in [0.717, 1.165) is 0 Å². The molecule has 0 amide bonds. The van der Waals surface area contributed by atoms with Crippen LogP contribution in [0.2, 0.25) is 0 Å². The first kappa shape index (κ1) is 13.6. The molecule has 0 aliphatic rings. The molecule has 0 fully saturated rings. The van der Waals surface area contributed by atoms with Crippen LogP contribution in [0.25, 0.3) is 17.1 Å². The van der Waals surface area contributed by atoms with Crippen LogP contribution in [-0.2, 0) is 0 Å². The Hall–Kier alpha value is -2.35. The lowest BCUT2D eigenvalue weighted by Crippen LogP contribution is -2.03. The third kappa shape index (κ3) is 2.49. The number of halogens is 3. The molecule has 8 heteroatoms. The van der Waals surface area contributed by atoms with E-state index in [-0.39, 0.29) is 17.2 Å². The van der Waals surface area contributed by atoms with E-state index in [2.05, 4.69) is 31.5 Å². The number of anilines is 1. The number of aromatic nitrogens is 4. The van der Waals surface area contributed by atoms with Crippen LogP contribution in [-0.4, -0.2) is 20.2 Å². The fraction of sp³-hybridized carbons (Fsp3) is 0. The monoisotopic (exact) mass is 351 g/mol. The highest BCUT2D eigenvalue weighted by molar-refractivity contribution is 9.10. The van der Waals surface area contributed by atoms with Gasteiger partial charge in [0.1, 0.15) is 17.3 Å². The molecule has 0 atom stereocenters. The van der Waals surface area contributed by atoms with Crippen molar-refractivity contribution in [1.82, 2.24) is 20.2 Å². The predicted molar refractivity (Wildman–Crippen MR) is 76.6 cm³/mol. The van der Waals surface area contributed by atoms with Gasteiger partial charge in [0.2, 0.25) is 0 Å². The highest BCUT2D eigenvalue weighted by Crippen LogP contribution is 2.25. The second kappa shape index (κ2) is 5.21. The van der Waals surface area contributed by atoms with Crippen LogP contribution in [0.5, 0.6) is 0 Å². The molecular weight excluding hydrogens is 344 g/mol. The Bertz CT molecular complexity index is 818. The predicted octanol–water partition coefficient (Wildman–Crippen LogP) is 2.95. The standard InChI is InChI=1S/C13H8BrF2N5/c14-8-2-4-12(10(16)6-8)21-13(18-19-20-21)7-1-3-11(17)9(15)5-7/h1-6H,17H2. The number of nitrogens with two attached hydrogens (primary N) is 1. The third-order valence-electron chi connectivity index (χ3n) is 2.87. The first-order valence-corrected chi connectivity index (χ1v) is 6.65. The average molecular weight is 352 g/mol. The molecule has 3 aromatic rings. The largest absolute Gasteiger partial charge is 0.396 e. The van der Waals surface area contributed by atoms with Crippen molar-refractivity contribution in [3.8, 4) is 17.1 Å². The van der Waals surface area contributed by atoms with E-state index in [9.17, 15) is 8.78 Å². The van der Waals surface area contributed by atoms with Crippen molar-refractivity contribution in [2.45, 2.75) is 0 Å². The zero-order valence-corrected chi connectivity index (χ0v) is 12.1. The average Bonchev–Trinajstić information content (AvgIpc) is 2.91.